The van der Waals surface area contributed by atoms with E-state index in [9.17, 15) is 4.79 Å². The van der Waals surface area contributed by atoms with E-state index in [0.717, 1.165) is 12.1 Å². The number of imidazole rings is 1. The third kappa shape index (κ3) is 1.41. The summed E-state index contributed by atoms with van der Waals surface area (Å²) < 4.78 is 3.52. The normalized spacial score (nSPS) is 10.4. The van der Waals surface area contributed by atoms with E-state index in [1.54, 1.807) is 21.8 Å². The molecule has 0 saturated carbocycles. The fourth-order valence-electron chi connectivity index (χ4n) is 1.16. The fourth-order valence-corrected chi connectivity index (χ4v) is 1.16. The van der Waals surface area contributed by atoms with Gasteiger partial charge < -0.3 is 9.13 Å². The first kappa shape index (κ1) is 8.61. The Bertz CT molecular complexity index is 444. The molecular formula is C8H9N5O. The van der Waals surface area contributed by atoms with E-state index >= 15 is 0 Å². The molecule has 0 radical (unpaired) electrons. The van der Waals surface area contributed by atoms with Gasteiger partial charge in [0.15, 0.2) is 12.1 Å². The summed E-state index contributed by atoms with van der Waals surface area (Å²) in [5, 5.41) is 7.66. The molecule has 2 aromatic heterocycles. The van der Waals surface area contributed by atoms with Crippen LogP contribution in [0.2, 0.25) is 0 Å². The molecule has 2 rings (SSSR count). The standard InChI is InChI=1S/C8H9N5O/c1-12-6-10-11-8(12)3-13-5-9-2-7(13)4-14/h2,4-6H,3H2,1H3. The van der Waals surface area contributed by atoms with Crippen LogP contribution in [0.25, 0.3) is 0 Å². The number of carbonyl (C=O) groups excluding carboxylic acids is 1. The lowest BCUT2D eigenvalue weighted by atomic mass is 10.5. The van der Waals surface area contributed by atoms with Crippen LogP contribution in [0.3, 0.4) is 0 Å². The van der Waals surface area contributed by atoms with Crippen LogP contribution in [-0.4, -0.2) is 30.6 Å². The molecule has 6 nitrogen and oxygen atoms in total. The lowest BCUT2D eigenvalue weighted by Gasteiger charge is -2.02. The van der Waals surface area contributed by atoms with Gasteiger partial charge in [0.25, 0.3) is 0 Å². The van der Waals surface area contributed by atoms with Gasteiger partial charge in [0.2, 0.25) is 0 Å². The van der Waals surface area contributed by atoms with Gasteiger partial charge in [-0.3, -0.25) is 4.79 Å². The Labute approximate surface area is 80.2 Å². The summed E-state index contributed by atoms with van der Waals surface area (Å²) in [6, 6.07) is 0. The van der Waals surface area contributed by atoms with Gasteiger partial charge in [0.1, 0.15) is 12.0 Å². The zero-order chi connectivity index (χ0) is 9.97. The van der Waals surface area contributed by atoms with Crippen molar-refractivity contribution < 1.29 is 4.79 Å². The molecule has 0 aromatic carbocycles. The Morgan fingerprint density at radius 2 is 2.36 bits per heavy atom. The average Bonchev–Trinajstić information content (AvgIpc) is 2.77. The molecule has 0 aliphatic carbocycles. The van der Waals surface area contributed by atoms with Crippen molar-refractivity contribution in [3.63, 3.8) is 0 Å². The highest BCUT2D eigenvalue weighted by atomic mass is 16.1. The lowest BCUT2D eigenvalue weighted by molar-refractivity contribution is 0.111. The maximum atomic E-state index is 10.6. The number of aromatic nitrogens is 5. The van der Waals surface area contributed by atoms with Crippen molar-refractivity contribution in [1.29, 1.82) is 0 Å². The molecule has 0 bridgehead atoms. The van der Waals surface area contributed by atoms with Crippen molar-refractivity contribution >= 4 is 6.29 Å². The first-order chi connectivity index (χ1) is 6.81. The van der Waals surface area contributed by atoms with Crippen LogP contribution in [-0.2, 0) is 13.6 Å². The van der Waals surface area contributed by atoms with Crippen molar-refractivity contribution in [2.75, 3.05) is 0 Å². The van der Waals surface area contributed by atoms with Crippen LogP contribution in [0, 0.1) is 0 Å². The van der Waals surface area contributed by atoms with Gasteiger partial charge in [-0.25, -0.2) is 4.98 Å². The molecule has 0 spiro atoms. The molecule has 0 aliphatic rings. The van der Waals surface area contributed by atoms with Crippen molar-refractivity contribution in [3.05, 3.63) is 30.4 Å². The zero-order valence-corrected chi connectivity index (χ0v) is 7.66. The molecule has 2 aromatic rings. The largest absolute Gasteiger partial charge is 0.321 e. The molecule has 6 heteroatoms. The second kappa shape index (κ2) is 3.41. The smallest absolute Gasteiger partial charge is 0.168 e. The minimum atomic E-state index is 0.505. The summed E-state index contributed by atoms with van der Waals surface area (Å²) >= 11 is 0. The second-order valence-corrected chi connectivity index (χ2v) is 2.92. The van der Waals surface area contributed by atoms with Crippen LogP contribution in [0.1, 0.15) is 16.3 Å². The summed E-state index contributed by atoms with van der Waals surface area (Å²) in [5.74, 6) is 0.783. The Hall–Kier alpha value is -1.98. The van der Waals surface area contributed by atoms with Crippen LogP contribution in [0.5, 0.6) is 0 Å². The van der Waals surface area contributed by atoms with Crippen LogP contribution in [0.15, 0.2) is 18.9 Å². The molecule has 0 fully saturated rings. The van der Waals surface area contributed by atoms with Crippen molar-refractivity contribution in [2.45, 2.75) is 6.54 Å². The Morgan fingerprint density at radius 3 is 3.00 bits per heavy atom. The predicted octanol–water partition coefficient (Wildman–Crippen LogP) is -0.128. The monoisotopic (exact) mass is 191 g/mol. The number of aldehydes is 1. The highest BCUT2D eigenvalue weighted by Gasteiger charge is 2.05. The molecule has 14 heavy (non-hydrogen) atoms. The SMILES string of the molecule is Cn1cnnc1Cn1cncc1C=O. The van der Waals surface area contributed by atoms with E-state index < -0.39 is 0 Å². The van der Waals surface area contributed by atoms with E-state index in [2.05, 4.69) is 15.2 Å². The minimum absolute atomic E-state index is 0.505. The van der Waals surface area contributed by atoms with Crippen molar-refractivity contribution in [2.24, 2.45) is 7.05 Å². The third-order valence-corrected chi connectivity index (χ3v) is 1.98. The van der Waals surface area contributed by atoms with Crippen LogP contribution >= 0.6 is 0 Å². The van der Waals surface area contributed by atoms with Gasteiger partial charge in [0.05, 0.1) is 19.1 Å². The average molecular weight is 191 g/mol. The number of aryl methyl sites for hydroxylation is 1. The summed E-state index contributed by atoms with van der Waals surface area (Å²) in [7, 11) is 1.85. The van der Waals surface area contributed by atoms with Crippen LogP contribution < -0.4 is 0 Å². The second-order valence-electron chi connectivity index (χ2n) is 2.92. The quantitative estimate of drug-likeness (QED) is 0.634. The summed E-state index contributed by atoms with van der Waals surface area (Å²) in [6.45, 7) is 0.505. The van der Waals surface area contributed by atoms with Crippen LogP contribution in [0.4, 0.5) is 0 Å². The first-order valence-corrected chi connectivity index (χ1v) is 4.09. The van der Waals surface area contributed by atoms with Gasteiger partial charge >= 0.3 is 0 Å². The first-order valence-electron chi connectivity index (χ1n) is 4.09. The maximum absolute atomic E-state index is 10.6. The zero-order valence-electron chi connectivity index (χ0n) is 7.66. The third-order valence-electron chi connectivity index (χ3n) is 1.98. The molecule has 2 heterocycles. The van der Waals surface area contributed by atoms with E-state index in [4.69, 9.17) is 0 Å². The number of rotatable bonds is 3. The molecule has 0 atom stereocenters. The fraction of sp³-hybridized carbons (Fsp3) is 0.250. The Balaban J connectivity index is 2.27. The molecule has 0 aliphatic heterocycles. The number of hydrogen-bond acceptors (Lipinski definition) is 4. The summed E-state index contributed by atoms with van der Waals surface area (Å²) in [5.41, 5.74) is 0.535. The molecule has 0 saturated heterocycles. The summed E-state index contributed by atoms with van der Waals surface area (Å²) in [6.07, 6.45) is 5.50. The topological polar surface area (TPSA) is 65.6 Å². The predicted molar refractivity (Wildman–Crippen MR) is 47.7 cm³/mol. The van der Waals surface area contributed by atoms with Gasteiger partial charge in [0, 0.05) is 7.05 Å². The number of nitrogens with zero attached hydrogens (tertiary/aromatic N) is 5. The summed E-state index contributed by atoms with van der Waals surface area (Å²) in [4.78, 5) is 14.5. The van der Waals surface area contributed by atoms with E-state index in [0.29, 0.717) is 12.2 Å². The van der Waals surface area contributed by atoms with E-state index in [-0.39, 0.29) is 0 Å². The molecule has 0 N–H and O–H groups in total. The minimum Gasteiger partial charge on any atom is -0.321 e. The molecule has 0 unspecified atom stereocenters. The van der Waals surface area contributed by atoms with Crippen molar-refractivity contribution in [3.8, 4) is 0 Å². The van der Waals surface area contributed by atoms with Gasteiger partial charge in [-0.1, -0.05) is 0 Å². The van der Waals surface area contributed by atoms with Gasteiger partial charge in [-0.05, 0) is 0 Å². The molecule has 0 amide bonds. The number of carbonyl (C=O) groups is 1. The highest BCUT2D eigenvalue weighted by molar-refractivity contribution is 5.71. The lowest BCUT2D eigenvalue weighted by Crippen LogP contribution is -2.07. The van der Waals surface area contributed by atoms with Crippen molar-refractivity contribution in [1.82, 2.24) is 24.3 Å². The number of hydrogen-bond donors (Lipinski definition) is 0. The Kier molecular flexibility index (Phi) is 2.10. The molecular weight excluding hydrogens is 182 g/mol. The van der Waals surface area contributed by atoms with E-state index in [1.165, 1.54) is 6.20 Å². The van der Waals surface area contributed by atoms with E-state index in [1.807, 2.05) is 7.05 Å². The highest BCUT2D eigenvalue weighted by Crippen LogP contribution is 2.00. The molecule has 72 valence electrons. The van der Waals surface area contributed by atoms with Gasteiger partial charge in [-0.2, -0.15) is 0 Å². The Morgan fingerprint density at radius 1 is 1.50 bits per heavy atom. The van der Waals surface area contributed by atoms with Gasteiger partial charge in [-0.15, -0.1) is 10.2 Å². The maximum Gasteiger partial charge on any atom is 0.168 e.